The summed E-state index contributed by atoms with van der Waals surface area (Å²) >= 11 is 0. The number of carboxylic acids is 1. The Morgan fingerprint density at radius 3 is 2.73 bits per heavy atom. The number of nitrogens with zero attached hydrogens (tertiary/aromatic N) is 3. The molecule has 0 aliphatic carbocycles. The highest BCUT2D eigenvalue weighted by Gasteiger charge is 2.32. The van der Waals surface area contributed by atoms with E-state index in [-0.39, 0.29) is 11.8 Å². The molecule has 8 nitrogen and oxygen atoms in total. The van der Waals surface area contributed by atoms with Gasteiger partial charge in [-0.3, -0.25) is 14.3 Å². The van der Waals surface area contributed by atoms with Crippen LogP contribution in [0.1, 0.15) is 40.1 Å². The zero-order chi connectivity index (χ0) is 18.7. The van der Waals surface area contributed by atoms with Crippen molar-refractivity contribution in [2.75, 3.05) is 11.9 Å². The molecule has 0 saturated carbocycles. The Hall–Kier alpha value is -3.16. The second kappa shape index (κ2) is 7.38. The summed E-state index contributed by atoms with van der Waals surface area (Å²) in [5, 5.41) is 16.0. The third-order valence-corrected chi connectivity index (χ3v) is 4.47. The SMILES string of the molecule is Cn1nccc1C(=O)Nc1cccc(C(=O)N2CCCCC2C(=O)O)c1. The van der Waals surface area contributed by atoms with Gasteiger partial charge in [0.1, 0.15) is 11.7 Å². The number of rotatable bonds is 4. The molecular weight excluding hydrogens is 336 g/mol. The van der Waals surface area contributed by atoms with Crippen LogP contribution in [0.15, 0.2) is 36.5 Å². The summed E-state index contributed by atoms with van der Waals surface area (Å²) in [5.74, 6) is -1.66. The van der Waals surface area contributed by atoms with Gasteiger partial charge in [-0.15, -0.1) is 0 Å². The highest BCUT2D eigenvalue weighted by molar-refractivity contribution is 6.04. The Bertz CT molecular complexity index is 845. The molecule has 1 saturated heterocycles. The van der Waals surface area contributed by atoms with Crippen molar-refractivity contribution in [1.29, 1.82) is 0 Å². The van der Waals surface area contributed by atoms with E-state index in [0.29, 0.717) is 29.9 Å². The van der Waals surface area contributed by atoms with Crippen LogP contribution in [0, 0.1) is 0 Å². The average Bonchev–Trinajstić information content (AvgIpc) is 3.07. The van der Waals surface area contributed by atoms with Gasteiger partial charge in [0, 0.05) is 31.0 Å². The molecule has 2 aromatic rings. The normalized spacial score (nSPS) is 17.0. The van der Waals surface area contributed by atoms with Crippen LogP contribution in [-0.4, -0.2) is 50.2 Å². The maximum atomic E-state index is 12.8. The van der Waals surface area contributed by atoms with Gasteiger partial charge in [-0.1, -0.05) is 6.07 Å². The van der Waals surface area contributed by atoms with E-state index in [4.69, 9.17) is 0 Å². The standard InChI is InChI=1S/C18H20N4O4/c1-21-14(8-9-19-21)16(23)20-13-6-4-5-12(11-13)17(24)22-10-3-2-7-15(22)18(25)26/h4-6,8-9,11,15H,2-3,7,10H2,1H3,(H,20,23)(H,25,26). The van der Waals surface area contributed by atoms with Gasteiger partial charge in [-0.25, -0.2) is 4.79 Å². The predicted octanol–water partition coefficient (Wildman–Crippen LogP) is 1.75. The number of aromatic nitrogens is 2. The lowest BCUT2D eigenvalue weighted by atomic mass is 10.0. The van der Waals surface area contributed by atoms with Crippen LogP contribution in [0.25, 0.3) is 0 Å². The molecule has 1 aromatic heterocycles. The summed E-state index contributed by atoms with van der Waals surface area (Å²) in [6, 6.07) is 7.31. The fraction of sp³-hybridized carbons (Fsp3) is 0.333. The maximum Gasteiger partial charge on any atom is 0.326 e. The second-order valence-electron chi connectivity index (χ2n) is 6.22. The number of aliphatic carboxylic acids is 1. The first kappa shape index (κ1) is 17.7. The number of amides is 2. The molecule has 1 unspecified atom stereocenters. The second-order valence-corrected chi connectivity index (χ2v) is 6.22. The number of carbonyl (C=O) groups excluding carboxylic acids is 2. The molecule has 1 aromatic carbocycles. The molecule has 2 heterocycles. The van der Waals surface area contributed by atoms with Crippen LogP contribution in [0.4, 0.5) is 5.69 Å². The number of hydrogen-bond donors (Lipinski definition) is 2. The average molecular weight is 356 g/mol. The van der Waals surface area contributed by atoms with E-state index in [1.165, 1.54) is 15.8 Å². The number of nitrogens with one attached hydrogen (secondary N) is 1. The van der Waals surface area contributed by atoms with Crippen LogP contribution < -0.4 is 5.32 Å². The summed E-state index contributed by atoms with van der Waals surface area (Å²) in [7, 11) is 1.66. The summed E-state index contributed by atoms with van der Waals surface area (Å²) in [5.41, 5.74) is 1.20. The molecule has 0 radical (unpaired) electrons. The summed E-state index contributed by atoms with van der Waals surface area (Å²) in [6.45, 7) is 0.418. The number of benzene rings is 1. The van der Waals surface area contributed by atoms with E-state index in [1.54, 1.807) is 37.4 Å². The number of carbonyl (C=O) groups is 3. The molecule has 0 spiro atoms. The minimum Gasteiger partial charge on any atom is -0.480 e. The van der Waals surface area contributed by atoms with E-state index in [2.05, 4.69) is 10.4 Å². The first-order chi connectivity index (χ1) is 12.5. The topological polar surface area (TPSA) is 105 Å². The van der Waals surface area contributed by atoms with Crippen LogP contribution in [0.5, 0.6) is 0 Å². The summed E-state index contributed by atoms with van der Waals surface area (Å²) in [4.78, 5) is 37.9. The zero-order valence-electron chi connectivity index (χ0n) is 14.4. The van der Waals surface area contributed by atoms with Gasteiger partial charge in [-0.05, 0) is 43.5 Å². The first-order valence-corrected chi connectivity index (χ1v) is 8.40. The van der Waals surface area contributed by atoms with Crippen LogP contribution in [-0.2, 0) is 11.8 Å². The summed E-state index contributed by atoms with van der Waals surface area (Å²) in [6.07, 6.45) is 3.56. The van der Waals surface area contributed by atoms with Crippen molar-refractivity contribution in [3.8, 4) is 0 Å². The van der Waals surface area contributed by atoms with Gasteiger partial charge >= 0.3 is 5.97 Å². The van der Waals surface area contributed by atoms with Gasteiger partial charge in [0.05, 0.1) is 0 Å². The van der Waals surface area contributed by atoms with Crippen molar-refractivity contribution >= 4 is 23.5 Å². The lowest BCUT2D eigenvalue weighted by Crippen LogP contribution is -2.48. The van der Waals surface area contributed by atoms with E-state index < -0.39 is 12.0 Å². The van der Waals surface area contributed by atoms with Gasteiger partial charge in [-0.2, -0.15) is 5.10 Å². The predicted molar refractivity (Wildman–Crippen MR) is 93.9 cm³/mol. The fourth-order valence-corrected chi connectivity index (χ4v) is 3.12. The summed E-state index contributed by atoms with van der Waals surface area (Å²) < 4.78 is 1.45. The van der Waals surface area contributed by atoms with Gasteiger partial charge in [0.2, 0.25) is 0 Å². The fourth-order valence-electron chi connectivity index (χ4n) is 3.12. The maximum absolute atomic E-state index is 12.8. The number of hydrogen-bond acceptors (Lipinski definition) is 4. The molecule has 1 fully saturated rings. The van der Waals surface area contributed by atoms with E-state index >= 15 is 0 Å². The molecule has 1 aliphatic heterocycles. The molecule has 3 rings (SSSR count). The number of likely N-dealkylation sites (tertiary alicyclic amines) is 1. The largest absolute Gasteiger partial charge is 0.480 e. The molecule has 8 heteroatoms. The Labute approximate surface area is 150 Å². The zero-order valence-corrected chi connectivity index (χ0v) is 14.4. The Morgan fingerprint density at radius 1 is 1.23 bits per heavy atom. The van der Waals surface area contributed by atoms with E-state index in [9.17, 15) is 19.5 Å². The first-order valence-electron chi connectivity index (χ1n) is 8.40. The van der Waals surface area contributed by atoms with E-state index in [1.807, 2.05) is 0 Å². The van der Waals surface area contributed by atoms with Crippen molar-refractivity contribution in [3.05, 3.63) is 47.8 Å². The van der Waals surface area contributed by atoms with Crippen LogP contribution >= 0.6 is 0 Å². The molecule has 1 atom stereocenters. The molecule has 136 valence electrons. The van der Waals surface area contributed by atoms with Crippen molar-refractivity contribution in [3.63, 3.8) is 0 Å². The molecule has 0 bridgehead atoms. The highest BCUT2D eigenvalue weighted by atomic mass is 16.4. The molecule has 2 amide bonds. The van der Waals surface area contributed by atoms with Crippen molar-refractivity contribution in [2.45, 2.75) is 25.3 Å². The smallest absolute Gasteiger partial charge is 0.326 e. The van der Waals surface area contributed by atoms with Crippen LogP contribution in [0.2, 0.25) is 0 Å². The van der Waals surface area contributed by atoms with Gasteiger partial charge in [0.15, 0.2) is 0 Å². The third kappa shape index (κ3) is 3.58. The monoisotopic (exact) mass is 356 g/mol. The minimum absolute atomic E-state index is 0.337. The molecule has 1 aliphatic rings. The van der Waals surface area contributed by atoms with Gasteiger partial charge in [0.25, 0.3) is 11.8 Å². The number of anilines is 1. The number of aryl methyl sites for hydroxylation is 1. The van der Waals surface area contributed by atoms with Crippen molar-refractivity contribution in [2.24, 2.45) is 7.05 Å². The lowest BCUT2D eigenvalue weighted by Gasteiger charge is -2.33. The number of piperidine rings is 1. The molecule has 2 N–H and O–H groups in total. The third-order valence-electron chi connectivity index (χ3n) is 4.47. The quantitative estimate of drug-likeness (QED) is 0.868. The Kier molecular flexibility index (Phi) is 5.01. The van der Waals surface area contributed by atoms with Crippen molar-refractivity contribution < 1.29 is 19.5 Å². The van der Waals surface area contributed by atoms with E-state index in [0.717, 1.165) is 12.8 Å². The molecular formula is C18H20N4O4. The highest BCUT2D eigenvalue weighted by Crippen LogP contribution is 2.21. The minimum atomic E-state index is -0.987. The lowest BCUT2D eigenvalue weighted by molar-refractivity contribution is -0.143. The number of carboxylic acid groups (broad SMARTS) is 1. The molecule has 26 heavy (non-hydrogen) atoms. The van der Waals surface area contributed by atoms with Crippen molar-refractivity contribution in [1.82, 2.24) is 14.7 Å². The van der Waals surface area contributed by atoms with Crippen LogP contribution in [0.3, 0.4) is 0 Å². The van der Waals surface area contributed by atoms with Gasteiger partial charge < -0.3 is 15.3 Å². The Balaban J connectivity index is 1.78. The Morgan fingerprint density at radius 2 is 2.04 bits per heavy atom.